The first-order chi connectivity index (χ1) is 7.54. The van der Waals surface area contributed by atoms with Crippen LogP contribution in [0.4, 0.5) is 0 Å². The molecule has 1 atom stereocenters. The van der Waals surface area contributed by atoms with E-state index in [1.807, 2.05) is 0 Å². The molecule has 0 fully saturated rings. The molecule has 1 N–H and O–H groups in total. The Hall–Kier alpha value is -1.42. The fourth-order valence-electron chi connectivity index (χ4n) is 1.72. The molecule has 88 valence electrons. The lowest BCUT2D eigenvalue weighted by molar-refractivity contribution is -0.141. The van der Waals surface area contributed by atoms with Gasteiger partial charge in [0.1, 0.15) is 0 Å². The maximum atomic E-state index is 11.8. The Kier molecular flexibility index (Phi) is 4.01. The van der Waals surface area contributed by atoms with Crippen LogP contribution in [0.3, 0.4) is 0 Å². The minimum Gasteiger partial charge on any atom is -0.394 e. The highest BCUT2D eigenvalue weighted by Gasteiger charge is 2.37. The predicted molar refractivity (Wildman–Crippen MR) is 60.5 cm³/mol. The van der Waals surface area contributed by atoms with Crippen LogP contribution in [-0.2, 0) is 9.59 Å². The predicted octanol–water partition coefficient (Wildman–Crippen LogP) is 1.02. The number of carbonyl (C=O) groups excluding carboxylic acids is 2. The summed E-state index contributed by atoms with van der Waals surface area (Å²) in [5.74, 6) is -0.573. The van der Waals surface area contributed by atoms with Crippen molar-refractivity contribution < 1.29 is 14.7 Å². The smallest absolute Gasteiger partial charge is 0.257 e. The van der Waals surface area contributed by atoms with Crippen LogP contribution in [0.5, 0.6) is 0 Å². The van der Waals surface area contributed by atoms with E-state index in [1.54, 1.807) is 19.9 Å². The van der Waals surface area contributed by atoms with E-state index in [9.17, 15) is 14.7 Å². The molecule has 0 spiro atoms. The molecule has 1 heterocycles. The van der Waals surface area contributed by atoms with Crippen molar-refractivity contribution in [2.24, 2.45) is 0 Å². The average molecular weight is 223 g/mol. The monoisotopic (exact) mass is 223 g/mol. The van der Waals surface area contributed by atoms with E-state index in [-0.39, 0.29) is 18.4 Å². The molecule has 0 unspecified atom stereocenters. The Morgan fingerprint density at radius 3 is 2.19 bits per heavy atom. The van der Waals surface area contributed by atoms with E-state index in [0.717, 1.165) is 4.90 Å². The highest BCUT2D eigenvalue weighted by atomic mass is 16.3. The molecule has 4 heteroatoms. The number of aliphatic hydroxyl groups excluding tert-OH is 1. The first-order valence-corrected chi connectivity index (χ1v) is 5.31. The number of carbonyl (C=O) groups is 2. The third kappa shape index (κ3) is 2.07. The molecule has 1 aliphatic heterocycles. The lowest BCUT2D eigenvalue weighted by Crippen LogP contribution is -2.43. The Labute approximate surface area is 95.2 Å². The van der Waals surface area contributed by atoms with Crippen LogP contribution in [0.15, 0.2) is 23.8 Å². The molecular formula is C12H17NO3. The van der Waals surface area contributed by atoms with Crippen LogP contribution < -0.4 is 0 Å². The SMILES string of the molecule is C=CCC[C@@H](CO)N1C(=O)C(C)=C(C)C1=O. The van der Waals surface area contributed by atoms with Crippen LogP contribution in [0.1, 0.15) is 26.7 Å². The number of hydrogen-bond acceptors (Lipinski definition) is 3. The van der Waals surface area contributed by atoms with Crippen LogP contribution >= 0.6 is 0 Å². The quantitative estimate of drug-likeness (QED) is 0.559. The Morgan fingerprint density at radius 2 is 1.81 bits per heavy atom. The molecule has 1 rings (SSSR count). The van der Waals surface area contributed by atoms with Crippen molar-refractivity contribution in [3.8, 4) is 0 Å². The van der Waals surface area contributed by atoms with Crippen molar-refractivity contribution in [1.82, 2.24) is 4.90 Å². The van der Waals surface area contributed by atoms with Gasteiger partial charge in [-0.1, -0.05) is 6.08 Å². The second kappa shape index (κ2) is 5.07. The van der Waals surface area contributed by atoms with Gasteiger partial charge in [0.25, 0.3) is 11.8 Å². The second-order valence-corrected chi connectivity index (χ2v) is 3.93. The summed E-state index contributed by atoms with van der Waals surface area (Å²) in [4.78, 5) is 24.8. The molecule has 16 heavy (non-hydrogen) atoms. The maximum Gasteiger partial charge on any atom is 0.257 e. The fourth-order valence-corrected chi connectivity index (χ4v) is 1.72. The standard InChI is InChI=1S/C12H17NO3/c1-4-5-6-10(7-14)13-11(15)8(2)9(3)12(13)16/h4,10,14H,1,5-7H2,2-3H3/t10-/m0/s1. The fraction of sp³-hybridized carbons (Fsp3) is 0.500. The minimum atomic E-state index is -0.439. The van der Waals surface area contributed by atoms with E-state index in [0.29, 0.717) is 24.0 Å². The molecule has 0 aliphatic carbocycles. The van der Waals surface area contributed by atoms with Crippen molar-refractivity contribution in [2.45, 2.75) is 32.7 Å². The third-order valence-corrected chi connectivity index (χ3v) is 2.92. The van der Waals surface area contributed by atoms with Crippen LogP contribution in [0, 0.1) is 0 Å². The normalized spacial score (nSPS) is 18.3. The van der Waals surface area contributed by atoms with Gasteiger partial charge >= 0.3 is 0 Å². The van der Waals surface area contributed by atoms with Crippen LogP contribution in [0.25, 0.3) is 0 Å². The van der Waals surface area contributed by atoms with Crippen molar-refractivity contribution in [3.63, 3.8) is 0 Å². The molecule has 0 saturated carbocycles. The van der Waals surface area contributed by atoms with E-state index in [4.69, 9.17) is 0 Å². The summed E-state index contributed by atoms with van der Waals surface area (Å²) < 4.78 is 0. The molecule has 2 amide bonds. The lowest BCUT2D eigenvalue weighted by atomic mass is 10.1. The topological polar surface area (TPSA) is 57.6 Å². The highest BCUT2D eigenvalue weighted by molar-refractivity contribution is 6.18. The summed E-state index contributed by atoms with van der Waals surface area (Å²) in [6.07, 6.45) is 2.93. The zero-order valence-electron chi connectivity index (χ0n) is 9.69. The number of allylic oxidation sites excluding steroid dienone is 1. The Morgan fingerprint density at radius 1 is 1.31 bits per heavy atom. The van der Waals surface area contributed by atoms with E-state index >= 15 is 0 Å². The summed E-state index contributed by atoms with van der Waals surface area (Å²) in [6.45, 7) is 6.65. The summed E-state index contributed by atoms with van der Waals surface area (Å²) in [6, 6.07) is -0.439. The number of rotatable bonds is 5. The average Bonchev–Trinajstić information content (AvgIpc) is 2.47. The van der Waals surface area contributed by atoms with Gasteiger partial charge < -0.3 is 5.11 Å². The van der Waals surface area contributed by atoms with Gasteiger partial charge in [0.15, 0.2) is 0 Å². The Bertz CT molecular complexity index is 333. The van der Waals surface area contributed by atoms with E-state index in [2.05, 4.69) is 6.58 Å². The van der Waals surface area contributed by atoms with Crippen LogP contribution in [0.2, 0.25) is 0 Å². The third-order valence-electron chi connectivity index (χ3n) is 2.92. The summed E-state index contributed by atoms with van der Waals surface area (Å²) in [5, 5.41) is 9.22. The summed E-state index contributed by atoms with van der Waals surface area (Å²) >= 11 is 0. The molecule has 0 aromatic rings. The number of imide groups is 1. The molecule has 4 nitrogen and oxygen atoms in total. The van der Waals surface area contributed by atoms with Gasteiger partial charge in [0, 0.05) is 11.1 Å². The number of nitrogens with zero attached hydrogens (tertiary/aromatic N) is 1. The van der Waals surface area contributed by atoms with Crippen LogP contribution in [-0.4, -0.2) is 34.5 Å². The molecule has 0 aromatic carbocycles. The van der Waals surface area contributed by atoms with Crippen molar-refractivity contribution in [2.75, 3.05) is 6.61 Å². The van der Waals surface area contributed by atoms with Gasteiger partial charge in [-0.3, -0.25) is 14.5 Å². The summed E-state index contributed by atoms with van der Waals surface area (Å²) in [7, 11) is 0. The molecule has 0 bridgehead atoms. The van der Waals surface area contributed by atoms with Gasteiger partial charge in [0.2, 0.25) is 0 Å². The van der Waals surface area contributed by atoms with Gasteiger partial charge in [0.05, 0.1) is 12.6 Å². The first-order valence-electron chi connectivity index (χ1n) is 5.31. The summed E-state index contributed by atoms with van der Waals surface area (Å²) in [5.41, 5.74) is 0.948. The first kappa shape index (κ1) is 12.6. The lowest BCUT2D eigenvalue weighted by Gasteiger charge is -2.24. The van der Waals surface area contributed by atoms with Gasteiger partial charge in [-0.15, -0.1) is 6.58 Å². The zero-order chi connectivity index (χ0) is 12.3. The molecule has 0 aromatic heterocycles. The van der Waals surface area contributed by atoms with E-state index in [1.165, 1.54) is 0 Å². The minimum absolute atomic E-state index is 0.202. The molecular weight excluding hydrogens is 206 g/mol. The van der Waals surface area contributed by atoms with Crippen molar-refractivity contribution in [3.05, 3.63) is 23.8 Å². The zero-order valence-corrected chi connectivity index (χ0v) is 9.69. The molecule has 1 aliphatic rings. The van der Waals surface area contributed by atoms with Gasteiger partial charge in [-0.25, -0.2) is 0 Å². The highest BCUT2D eigenvalue weighted by Crippen LogP contribution is 2.23. The second-order valence-electron chi connectivity index (χ2n) is 3.93. The Balaban J connectivity index is 2.85. The van der Waals surface area contributed by atoms with Crippen molar-refractivity contribution in [1.29, 1.82) is 0 Å². The maximum absolute atomic E-state index is 11.8. The number of amides is 2. The van der Waals surface area contributed by atoms with E-state index < -0.39 is 6.04 Å². The molecule has 0 saturated heterocycles. The van der Waals surface area contributed by atoms with Crippen molar-refractivity contribution >= 4 is 11.8 Å². The van der Waals surface area contributed by atoms with Gasteiger partial charge in [-0.2, -0.15) is 0 Å². The molecule has 0 radical (unpaired) electrons. The van der Waals surface area contributed by atoms with Gasteiger partial charge in [-0.05, 0) is 26.7 Å². The number of aliphatic hydroxyl groups is 1. The number of hydrogen-bond donors (Lipinski definition) is 1. The largest absolute Gasteiger partial charge is 0.394 e.